The van der Waals surface area contributed by atoms with Gasteiger partial charge >= 0.3 is 0 Å². The molecule has 144 valence electrons. The lowest BCUT2D eigenvalue weighted by Crippen LogP contribution is -2.36. The maximum absolute atomic E-state index is 12.9. The maximum Gasteiger partial charge on any atom is 0.295 e. The Morgan fingerprint density at radius 1 is 1.14 bits per heavy atom. The molecule has 2 aromatic rings. The molecule has 0 spiro atoms. The fraction of sp³-hybridized carbons (Fsp3) is 0.300. The Labute approximate surface area is 170 Å². The highest BCUT2D eigenvalue weighted by atomic mass is 35.5. The Morgan fingerprint density at radius 3 is 2.46 bits per heavy atom. The largest absolute Gasteiger partial charge is 0.315 e. The van der Waals surface area contributed by atoms with Crippen LogP contribution in [0.1, 0.15) is 25.5 Å². The van der Waals surface area contributed by atoms with Crippen LogP contribution in [0.2, 0.25) is 10.0 Å². The molecular formula is C20H16Cl2N2O4. The lowest BCUT2D eigenvalue weighted by molar-refractivity contribution is -0.139. The van der Waals surface area contributed by atoms with E-state index < -0.39 is 35.1 Å². The smallest absolute Gasteiger partial charge is 0.295 e. The highest BCUT2D eigenvalue weighted by molar-refractivity contribution is 6.49. The number of carbonyl (C=O) groups excluding carboxylic acids is 3. The van der Waals surface area contributed by atoms with Gasteiger partial charge in [0.25, 0.3) is 11.5 Å². The molecule has 0 N–H and O–H groups in total. The molecule has 0 radical (unpaired) electrons. The normalized spacial score (nSPS) is 20.3. The SMILES string of the molecule is CC(C)C(=O)C1C(=O)C(=O)N2c3cn(C)c(=O)c(Cl)c3-c3cc(Cl)ccc3C12. The summed E-state index contributed by atoms with van der Waals surface area (Å²) in [6.07, 6.45) is 1.47. The minimum Gasteiger partial charge on any atom is -0.315 e. The van der Waals surface area contributed by atoms with Gasteiger partial charge in [-0.1, -0.05) is 43.1 Å². The number of aromatic nitrogens is 1. The summed E-state index contributed by atoms with van der Waals surface area (Å²) < 4.78 is 1.25. The molecule has 2 aliphatic heterocycles. The van der Waals surface area contributed by atoms with Crippen molar-refractivity contribution in [2.75, 3.05) is 4.90 Å². The van der Waals surface area contributed by atoms with Crippen molar-refractivity contribution in [1.82, 2.24) is 4.57 Å². The predicted molar refractivity (Wildman–Crippen MR) is 106 cm³/mol. The molecule has 0 aliphatic carbocycles. The zero-order valence-electron chi connectivity index (χ0n) is 15.3. The van der Waals surface area contributed by atoms with Crippen LogP contribution in [0.4, 0.5) is 5.69 Å². The van der Waals surface area contributed by atoms with Crippen molar-refractivity contribution in [3.05, 3.63) is 50.4 Å². The number of hydrogen-bond acceptors (Lipinski definition) is 4. The molecule has 0 saturated carbocycles. The van der Waals surface area contributed by atoms with Gasteiger partial charge in [-0.3, -0.25) is 24.1 Å². The van der Waals surface area contributed by atoms with Gasteiger partial charge in [-0.2, -0.15) is 0 Å². The predicted octanol–water partition coefficient (Wildman–Crippen LogP) is 3.17. The van der Waals surface area contributed by atoms with E-state index in [0.717, 1.165) is 0 Å². The van der Waals surface area contributed by atoms with Gasteiger partial charge in [0.05, 0.1) is 11.7 Å². The fourth-order valence-electron chi connectivity index (χ4n) is 4.01. The summed E-state index contributed by atoms with van der Waals surface area (Å²) in [4.78, 5) is 52.2. The van der Waals surface area contributed by atoms with Crippen LogP contribution in [0.5, 0.6) is 0 Å². The highest BCUT2D eigenvalue weighted by Crippen LogP contribution is 2.53. The number of halogens is 2. The van der Waals surface area contributed by atoms with E-state index >= 15 is 0 Å². The Kier molecular flexibility index (Phi) is 4.25. The minimum absolute atomic E-state index is 0.0687. The lowest BCUT2D eigenvalue weighted by atomic mass is 9.80. The Balaban J connectivity index is 2.10. The molecule has 1 amide bonds. The minimum atomic E-state index is -1.11. The van der Waals surface area contributed by atoms with Crippen LogP contribution >= 0.6 is 23.2 Å². The van der Waals surface area contributed by atoms with E-state index in [2.05, 4.69) is 0 Å². The van der Waals surface area contributed by atoms with Crippen LogP contribution in [0, 0.1) is 11.8 Å². The van der Waals surface area contributed by atoms with Crippen molar-refractivity contribution in [1.29, 1.82) is 0 Å². The van der Waals surface area contributed by atoms with Crippen LogP contribution < -0.4 is 10.5 Å². The second kappa shape index (κ2) is 6.29. The van der Waals surface area contributed by atoms with E-state index in [4.69, 9.17) is 23.2 Å². The number of anilines is 1. The number of benzene rings is 1. The number of hydrogen-bond donors (Lipinski definition) is 0. The molecule has 1 aromatic carbocycles. The maximum atomic E-state index is 12.9. The topological polar surface area (TPSA) is 76.5 Å². The molecule has 1 saturated heterocycles. The van der Waals surface area contributed by atoms with E-state index in [-0.39, 0.29) is 10.8 Å². The first-order valence-corrected chi connectivity index (χ1v) is 9.50. The third kappa shape index (κ3) is 2.41. The number of nitrogens with zero attached hydrogens (tertiary/aromatic N) is 2. The van der Waals surface area contributed by atoms with Crippen molar-refractivity contribution < 1.29 is 14.4 Å². The molecule has 3 heterocycles. The second-order valence-electron chi connectivity index (χ2n) is 7.37. The molecule has 2 unspecified atom stereocenters. The van der Waals surface area contributed by atoms with Gasteiger partial charge in [0, 0.05) is 29.7 Å². The van der Waals surface area contributed by atoms with E-state index in [9.17, 15) is 19.2 Å². The molecular weight excluding hydrogens is 403 g/mol. The van der Waals surface area contributed by atoms with Crippen LogP contribution in [0.25, 0.3) is 11.1 Å². The first kappa shape index (κ1) is 18.9. The monoisotopic (exact) mass is 418 g/mol. The summed E-state index contributed by atoms with van der Waals surface area (Å²) in [5.74, 6) is -3.35. The number of aryl methyl sites for hydroxylation is 1. The number of Topliss-reactive ketones (excluding diaryl/α,β-unsaturated/α-hetero) is 2. The van der Waals surface area contributed by atoms with Gasteiger partial charge < -0.3 is 4.57 Å². The van der Waals surface area contributed by atoms with Crippen molar-refractivity contribution in [2.45, 2.75) is 19.9 Å². The molecule has 0 bridgehead atoms. The molecule has 28 heavy (non-hydrogen) atoms. The van der Waals surface area contributed by atoms with Crippen LogP contribution in [0.3, 0.4) is 0 Å². The third-order valence-corrected chi connectivity index (χ3v) is 5.93. The number of amides is 1. The van der Waals surface area contributed by atoms with E-state index in [1.807, 2.05) is 0 Å². The molecule has 1 aromatic heterocycles. The summed E-state index contributed by atoms with van der Waals surface area (Å²) in [5.41, 5.74) is 1.36. The van der Waals surface area contributed by atoms with Crippen LogP contribution in [0.15, 0.2) is 29.2 Å². The van der Waals surface area contributed by atoms with Gasteiger partial charge in [-0.25, -0.2) is 0 Å². The van der Waals surface area contributed by atoms with Gasteiger partial charge in [0.1, 0.15) is 16.7 Å². The first-order chi connectivity index (χ1) is 13.1. The number of pyridine rings is 1. The molecule has 8 heteroatoms. The average Bonchev–Trinajstić information content (AvgIpc) is 2.90. The summed E-state index contributed by atoms with van der Waals surface area (Å²) in [6, 6.07) is 4.16. The molecule has 4 rings (SSSR count). The average molecular weight is 419 g/mol. The van der Waals surface area contributed by atoms with Gasteiger partial charge in [0.2, 0.25) is 5.78 Å². The summed E-state index contributed by atoms with van der Waals surface area (Å²) >= 11 is 12.5. The first-order valence-electron chi connectivity index (χ1n) is 8.75. The molecule has 2 atom stereocenters. The highest BCUT2D eigenvalue weighted by Gasteiger charge is 2.55. The van der Waals surface area contributed by atoms with E-state index in [1.54, 1.807) is 32.0 Å². The molecule has 1 fully saturated rings. The quantitative estimate of drug-likeness (QED) is 0.554. The van der Waals surface area contributed by atoms with Gasteiger partial charge in [0.15, 0.2) is 0 Å². The zero-order chi connectivity index (χ0) is 20.5. The van der Waals surface area contributed by atoms with Crippen molar-refractivity contribution >= 4 is 46.4 Å². The van der Waals surface area contributed by atoms with Crippen molar-refractivity contribution in [3.8, 4) is 11.1 Å². The van der Waals surface area contributed by atoms with Crippen molar-refractivity contribution in [2.24, 2.45) is 18.9 Å². The Hall–Kier alpha value is -2.44. The Bertz CT molecular complexity index is 1140. The lowest BCUT2D eigenvalue weighted by Gasteiger charge is -2.35. The van der Waals surface area contributed by atoms with Gasteiger partial charge in [-0.05, 0) is 23.3 Å². The van der Waals surface area contributed by atoms with Crippen LogP contribution in [-0.2, 0) is 21.4 Å². The fourth-order valence-corrected chi connectivity index (χ4v) is 4.52. The Morgan fingerprint density at radius 2 is 1.82 bits per heavy atom. The summed E-state index contributed by atoms with van der Waals surface area (Å²) in [6.45, 7) is 3.39. The van der Waals surface area contributed by atoms with Gasteiger partial charge in [-0.15, -0.1) is 0 Å². The summed E-state index contributed by atoms with van der Waals surface area (Å²) in [5, 5.41) is 0.345. The number of ketones is 2. The molecule has 2 aliphatic rings. The number of rotatable bonds is 2. The number of fused-ring (bicyclic) bond motifs is 6. The molecule has 6 nitrogen and oxygen atoms in total. The van der Waals surface area contributed by atoms with Crippen LogP contribution in [-0.4, -0.2) is 22.0 Å². The third-order valence-electron chi connectivity index (χ3n) is 5.34. The standard InChI is InChI=1S/C20H16Cl2N2O4/c1-8(2)17(25)14-16-10-5-4-9(21)6-11(10)13-12(24(16)20(28)18(14)26)7-23(3)19(27)15(13)22/h4-8,14,16H,1-3H3. The summed E-state index contributed by atoms with van der Waals surface area (Å²) in [7, 11) is 1.51. The second-order valence-corrected chi connectivity index (χ2v) is 8.18. The van der Waals surface area contributed by atoms with E-state index in [0.29, 0.717) is 27.4 Å². The number of carbonyl (C=O) groups is 3. The zero-order valence-corrected chi connectivity index (χ0v) is 16.8. The van der Waals surface area contributed by atoms with E-state index in [1.165, 1.54) is 22.7 Å². The van der Waals surface area contributed by atoms with Crippen molar-refractivity contribution in [3.63, 3.8) is 0 Å².